The fourth-order valence-electron chi connectivity index (χ4n) is 2.24. The van der Waals surface area contributed by atoms with E-state index in [0.29, 0.717) is 6.04 Å². The molecule has 4 nitrogen and oxygen atoms in total. The lowest BCUT2D eigenvalue weighted by Crippen LogP contribution is -2.50. The predicted octanol–water partition coefficient (Wildman–Crippen LogP) is 0.666. The van der Waals surface area contributed by atoms with E-state index in [1.165, 1.54) is 0 Å². The monoisotopic (exact) mass is 227 g/mol. The molecule has 16 heavy (non-hydrogen) atoms. The molecule has 0 saturated carbocycles. The van der Waals surface area contributed by atoms with Gasteiger partial charge in [-0.2, -0.15) is 0 Å². The lowest BCUT2D eigenvalue weighted by molar-refractivity contribution is -0.134. The van der Waals surface area contributed by atoms with Gasteiger partial charge in [-0.15, -0.1) is 0 Å². The van der Waals surface area contributed by atoms with Gasteiger partial charge in [0.15, 0.2) is 0 Å². The second kappa shape index (κ2) is 6.21. The third kappa shape index (κ3) is 3.19. The van der Waals surface area contributed by atoms with Crippen LogP contribution < -0.4 is 5.73 Å². The summed E-state index contributed by atoms with van der Waals surface area (Å²) < 4.78 is 0. The van der Waals surface area contributed by atoms with E-state index in [4.69, 9.17) is 5.73 Å². The van der Waals surface area contributed by atoms with Gasteiger partial charge in [-0.05, 0) is 25.8 Å². The molecular weight excluding hydrogens is 202 g/mol. The smallest absolute Gasteiger partial charge is 0.239 e. The SMILES string of the molecule is CCC(N)C(=O)N(C)C1CCN(CC)CC1. The van der Waals surface area contributed by atoms with Crippen molar-refractivity contribution >= 4 is 5.91 Å². The van der Waals surface area contributed by atoms with E-state index in [9.17, 15) is 4.79 Å². The third-order valence-corrected chi connectivity index (χ3v) is 3.66. The summed E-state index contributed by atoms with van der Waals surface area (Å²) in [7, 11) is 1.89. The number of nitrogens with zero attached hydrogens (tertiary/aromatic N) is 2. The summed E-state index contributed by atoms with van der Waals surface area (Å²) in [6.07, 6.45) is 2.87. The molecule has 0 aliphatic carbocycles. The van der Waals surface area contributed by atoms with Crippen LogP contribution in [0, 0.1) is 0 Å². The molecular formula is C12H25N3O. The minimum atomic E-state index is -0.325. The predicted molar refractivity (Wildman–Crippen MR) is 66.2 cm³/mol. The Balaban J connectivity index is 2.43. The van der Waals surface area contributed by atoms with E-state index in [1.807, 2.05) is 18.9 Å². The van der Waals surface area contributed by atoms with Gasteiger partial charge in [0.2, 0.25) is 5.91 Å². The van der Waals surface area contributed by atoms with Gasteiger partial charge < -0.3 is 15.5 Å². The Morgan fingerprint density at radius 2 is 2.00 bits per heavy atom. The first-order valence-electron chi connectivity index (χ1n) is 6.34. The summed E-state index contributed by atoms with van der Waals surface area (Å²) in [5.74, 6) is 0.0949. The van der Waals surface area contributed by atoms with Crippen molar-refractivity contribution < 1.29 is 4.79 Å². The number of likely N-dealkylation sites (N-methyl/N-ethyl adjacent to an activating group) is 1. The van der Waals surface area contributed by atoms with Gasteiger partial charge in [0.1, 0.15) is 0 Å². The number of carbonyl (C=O) groups excluding carboxylic acids is 1. The zero-order valence-electron chi connectivity index (χ0n) is 10.8. The Bertz CT molecular complexity index is 224. The van der Waals surface area contributed by atoms with Crippen molar-refractivity contribution in [3.05, 3.63) is 0 Å². The van der Waals surface area contributed by atoms with Crippen molar-refractivity contribution in [2.45, 2.75) is 45.2 Å². The van der Waals surface area contributed by atoms with E-state index in [0.717, 1.165) is 38.9 Å². The number of piperidine rings is 1. The molecule has 0 aromatic heterocycles. The number of hydrogen-bond donors (Lipinski definition) is 1. The maximum atomic E-state index is 11.9. The molecule has 1 aliphatic heterocycles. The van der Waals surface area contributed by atoms with Crippen molar-refractivity contribution in [1.82, 2.24) is 9.80 Å². The highest BCUT2D eigenvalue weighted by Gasteiger charge is 2.26. The van der Waals surface area contributed by atoms with E-state index >= 15 is 0 Å². The zero-order chi connectivity index (χ0) is 12.1. The topological polar surface area (TPSA) is 49.6 Å². The average molecular weight is 227 g/mol. The molecule has 4 heteroatoms. The van der Waals surface area contributed by atoms with Crippen LogP contribution in [0.25, 0.3) is 0 Å². The molecule has 1 amide bonds. The summed E-state index contributed by atoms with van der Waals surface area (Å²) >= 11 is 0. The van der Waals surface area contributed by atoms with Crippen molar-refractivity contribution in [3.8, 4) is 0 Å². The van der Waals surface area contributed by atoms with Crippen LogP contribution in [0.4, 0.5) is 0 Å². The number of amides is 1. The first-order valence-corrected chi connectivity index (χ1v) is 6.34. The number of nitrogens with two attached hydrogens (primary N) is 1. The second-order valence-corrected chi connectivity index (χ2v) is 4.63. The number of likely N-dealkylation sites (tertiary alicyclic amines) is 1. The highest BCUT2D eigenvalue weighted by atomic mass is 16.2. The molecule has 1 saturated heterocycles. The van der Waals surface area contributed by atoms with Crippen molar-refractivity contribution in [2.24, 2.45) is 5.73 Å². The zero-order valence-corrected chi connectivity index (χ0v) is 10.8. The molecule has 1 rings (SSSR count). The second-order valence-electron chi connectivity index (χ2n) is 4.63. The molecule has 94 valence electrons. The van der Waals surface area contributed by atoms with Crippen LogP contribution in [-0.2, 0) is 4.79 Å². The van der Waals surface area contributed by atoms with Crippen molar-refractivity contribution in [3.63, 3.8) is 0 Å². The Labute approximate surface area is 98.8 Å². The standard InChI is InChI=1S/C12H25N3O/c1-4-11(13)12(16)14(3)10-6-8-15(5-2)9-7-10/h10-11H,4-9,13H2,1-3H3. The lowest BCUT2D eigenvalue weighted by Gasteiger charge is -2.37. The molecule has 0 radical (unpaired) electrons. The summed E-state index contributed by atoms with van der Waals surface area (Å²) in [6, 6.07) is 0.0575. The van der Waals surface area contributed by atoms with Gasteiger partial charge in [0, 0.05) is 26.2 Å². The quantitative estimate of drug-likeness (QED) is 0.768. The van der Waals surface area contributed by atoms with Crippen LogP contribution >= 0.6 is 0 Å². The first kappa shape index (κ1) is 13.5. The molecule has 1 atom stereocenters. The Kier molecular flexibility index (Phi) is 5.22. The Morgan fingerprint density at radius 1 is 1.44 bits per heavy atom. The molecule has 1 heterocycles. The lowest BCUT2D eigenvalue weighted by atomic mass is 10.0. The fraction of sp³-hybridized carbons (Fsp3) is 0.917. The maximum absolute atomic E-state index is 11.9. The van der Waals surface area contributed by atoms with Crippen molar-refractivity contribution in [1.29, 1.82) is 0 Å². The highest BCUT2D eigenvalue weighted by molar-refractivity contribution is 5.81. The molecule has 0 aromatic rings. The highest BCUT2D eigenvalue weighted by Crippen LogP contribution is 2.15. The van der Waals surface area contributed by atoms with E-state index in [-0.39, 0.29) is 11.9 Å². The summed E-state index contributed by atoms with van der Waals surface area (Å²) in [5, 5.41) is 0. The number of hydrogen-bond acceptors (Lipinski definition) is 3. The largest absolute Gasteiger partial charge is 0.341 e. The van der Waals surface area contributed by atoms with E-state index < -0.39 is 0 Å². The number of rotatable bonds is 4. The fourth-order valence-corrected chi connectivity index (χ4v) is 2.24. The first-order chi connectivity index (χ1) is 7.60. The molecule has 0 bridgehead atoms. The van der Waals surface area contributed by atoms with Crippen LogP contribution in [0.3, 0.4) is 0 Å². The van der Waals surface area contributed by atoms with Gasteiger partial charge in [-0.25, -0.2) is 0 Å². The third-order valence-electron chi connectivity index (χ3n) is 3.66. The summed E-state index contributed by atoms with van der Waals surface area (Å²) in [6.45, 7) is 7.44. The van der Waals surface area contributed by atoms with Crippen LogP contribution in [-0.4, -0.2) is 54.5 Å². The van der Waals surface area contributed by atoms with E-state index in [1.54, 1.807) is 0 Å². The molecule has 2 N–H and O–H groups in total. The molecule has 0 spiro atoms. The Hall–Kier alpha value is -0.610. The van der Waals surface area contributed by atoms with Gasteiger partial charge >= 0.3 is 0 Å². The van der Waals surface area contributed by atoms with Crippen LogP contribution in [0.2, 0.25) is 0 Å². The molecule has 1 fully saturated rings. The van der Waals surface area contributed by atoms with Gasteiger partial charge in [-0.3, -0.25) is 4.79 Å². The van der Waals surface area contributed by atoms with Crippen LogP contribution in [0.15, 0.2) is 0 Å². The minimum absolute atomic E-state index is 0.0949. The van der Waals surface area contributed by atoms with Gasteiger partial charge in [-0.1, -0.05) is 13.8 Å². The maximum Gasteiger partial charge on any atom is 0.239 e. The van der Waals surface area contributed by atoms with E-state index in [2.05, 4.69) is 11.8 Å². The Morgan fingerprint density at radius 3 is 2.44 bits per heavy atom. The van der Waals surface area contributed by atoms with Crippen LogP contribution in [0.5, 0.6) is 0 Å². The molecule has 0 aromatic carbocycles. The molecule has 1 aliphatic rings. The van der Waals surface area contributed by atoms with Gasteiger partial charge in [0.25, 0.3) is 0 Å². The summed E-state index contributed by atoms with van der Waals surface area (Å²) in [5.41, 5.74) is 5.78. The summed E-state index contributed by atoms with van der Waals surface area (Å²) in [4.78, 5) is 16.2. The number of carbonyl (C=O) groups is 1. The van der Waals surface area contributed by atoms with Crippen molar-refractivity contribution in [2.75, 3.05) is 26.7 Å². The normalized spacial score (nSPS) is 20.8. The minimum Gasteiger partial charge on any atom is -0.341 e. The average Bonchev–Trinajstić information content (AvgIpc) is 2.36. The van der Waals surface area contributed by atoms with Crippen LogP contribution in [0.1, 0.15) is 33.1 Å². The molecule has 1 unspecified atom stereocenters. The van der Waals surface area contributed by atoms with Gasteiger partial charge in [0.05, 0.1) is 6.04 Å².